The summed E-state index contributed by atoms with van der Waals surface area (Å²) in [5.41, 5.74) is 1.79. The topological polar surface area (TPSA) is 74.5 Å². The summed E-state index contributed by atoms with van der Waals surface area (Å²) in [4.78, 5) is 18.0. The lowest BCUT2D eigenvalue weighted by molar-refractivity contribution is 0.370. The summed E-state index contributed by atoms with van der Waals surface area (Å²) >= 11 is 0. The van der Waals surface area contributed by atoms with Crippen molar-refractivity contribution in [2.45, 2.75) is 13.3 Å². The molecule has 170 valence electrons. The first-order valence-corrected chi connectivity index (χ1v) is 10.6. The Bertz CT molecular complexity index is 985. The van der Waals surface area contributed by atoms with E-state index in [4.69, 9.17) is 4.99 Å². The Morgan fingerprint density at radius 1 is 1.06 bits per heavy atom. The molecule has 2 aromatic heterocycles. The van der Waals surface area contributed by atoms with Gasteiger partial charge in [0, 0.05) is 64.3 Å². The molecule has 0 saturated carbocycles. The maximum Gasteiger partial charge on any atom is 0.225 e. The van der Waals surface area contributed by atoms with Crippen molar-refractivity contribution in [1.82, 2.24) is 30.0 Å². The zero-order valence-electron chi connectivity index (χ0n) is 18.1. The first-order valence-electron chi connectivity index (χ1n) is 10.6. The van der Waals surface area contributed by atoms with Crippen molar-refractivity contribution < 1.29 is 4.39 Å². The molecule has 1 N–H and O–H groups in total. The van der Waals surface area contributed by atoms with Crippen LogP contribution >= 0.6 is 24.0 Å². The highest BCUT2D eigenvalue weighted by Crippen LogP contribution is 2.11. The van der Waals surface area contributed by atoms with Crippen molar-refractivity contribution in [2.24, 2.45) is 4.99 Å². The minimum absolute atomic E-state index is 0. The minimum Gasteiger partial charge on any atom is -0.357 e. The number of hydrogen-bond donors (Lipinski definition) is 1. The van der Waals surface area contributed by atoms with Crippen molar-refractivity contribution in [3.63, 3.8) is 0 Å². The number of hydrogen-bond acceptors (Lipinski definition) is 5. The molecule has 1 aliphatic heterocycles. The van der Waals surface area contributed by atoms with Crippen molar-refractivity contribution >= 4 is 35.9 Å². The van der Waals surface area contributed by atoms with Gasteiger partial charge in [-0.1, -0.05) is 0 Å². The first-order chi connectivity index (χ1) is 15.2. The highest BCUT2D eigenvalue weighted by molar-refractivity contribution is 14.0. The van der Waals surface area contributed by atoms with Crippen LogP contribution in [0.15, 0.2) is 60.0 Å². The molecule has 32 heavy (non-hydrogen) atoms. The smallest absolute Gasteiger partial charge is 0.225 e. The van der Waals surface area contributed by atoms with Crippen LogP contribution in [0.2, 0.25) is 0 Å². The molecule has 0 amide bonds. The van der Waals surface area contributed by atoms with Crippen LogP contribution in [0.3, 0.4) is 0 Å². The van der Waals surface area contributed by atoms with Gasteiger partial charge in [-0.25, -0.2) is 19.0 Å². The monoisotopic (exact) mass is 550 g/mol. The lowest BCUT2D eigenvalue weighted by Crippen LogP contribution is -2.53. The van der Waals surface area contributed by atoms with Gasteiger partial charge in [-0.3, -0.25) is 4.99 Å². The fourth-order valence-corrected chi connectivity index (χ4v) is 3.51. The highest BCUT2D eigenvalue weighted by Gasteiger charge is 2.21. The number of anilines is 1. The summed E-state index contributed by atoms with van der Waals surface area (Å²) in [7, 11) is 0. The number of aliphatic imine (C=N–C) groups is 1. The molecule has 0 atom stereocenters. The Morgan fingerprint density at radius 2 is 1.78 bits per heavy atom. The zero-order valence-corrected chi connectivity index (χ0v) is 20.4. The third-order valence-electron chi connectivity index (χ3n) is 5.11. The molecule has 0 aliphatic carbocycles. The molecular formula is C22H28FIN8. The Morgan fingerprint density at radius 3 is 2.47 bits per heavy atom. The van der Waals surface area contributed by atoms with Gasteiger partial charge < -0.3 is 15.1 Å². The van der Waals surface area contributed by atoms with E-state index in [1.165, 1.54) is 12.1 Å². The van der Waals surface area contributed by atoms with Crippen LogP contribution in [0, 0.1) is 5.82 Å². The zero-order chi connectivity index (χ0) is 21.5. The Balaban J connectivity index is 0.00000289. The van der Waals surface area contributed by atoms with Gasteiger partial charge in [0.25, 0.3) is 0 Å². The van der Waals surface area contributed by atoms with Gasteiger partial charge in [0.15, 0.2) is 5.96 Å². The third-order valence-corrected chi connectivity index (χ3v) is 5.11. The number of nitrogens with zero attached hydrogens (tertiary/aromatic N) is 7. The summed E-state index contributed by atoms with van der Waals surface area (Å²) < 4.78 is 14.9. The lowest BCUT2D eigenvalue weighted by Gasteiger charge is -2.36. The number of halogens is 2. The minimum atomic E-state index is -0.251. The summed E-state index contributed by atoms with van der Waals surface area (Å²) in [5, 5.41) is 7.97. The quantitative estimate of drug-likeness (QED) is 0.289. The molecule has 1 aromatic carbocycles. The van der Waals surface area contributed by atoms with Gasteiger partial charge in [-0.05, 0) is 43.3 Å². The van der Waals surface area contributed by atoms with Crippen molar-refractivity contribution in [3.05, 3.63) is 66.5 Å². The van der Waals surface area contributed by atoms with Gasteiger partial charge in [-0.2, -0.15) is 5.10 Å². The standard InChI is InChI=1S/C22H27FN8.HI/c1-2-24-21(29-14-16-30(17-15-29)22-25-10-3-11-26-22)27-12-8-19-9-13-31(28-19)20-6-4-18(23)5-7-20;/h3-7,9-11,13H,2,8,12,14-17H2,1H3,(H,24,27);1H. The molecule has 0 radical (unpaired) electrons. The van der Waals surface area contributed by atoms with Crippen molar-refractivity contribution in [2.75, 3.05) is 44.2 Å². The van der Waals surface area contributed by atoms with E-state index in [0.29, 0.717) is 6.54 Å². The Kier molecular flexibility index (Phi) is 8.77. The molecule has 1 fully saturated rings. The number of aromatic nitrogens is 4. The van der Waals surface area contributed by atoms with Gasteiger partial charge in [0.2, 0.25) is 5.95 Å². The lowest BCUT2D eigenvalue weighted by atomic mass is 10.3. The van der Waals surface area contributed by atoms with E-state index < -0.39 is 0 Å². The van der Waals surface area contributed by atoms with E-state index in [2.05, 4.69) is 37.1 Å². The number of piperazine rings is 1. The maximum absolute atomic E-state index is 13.1. The molecule has 0 spiro atoms. The summed E-state index contributed by atoms with van der Waals surface area (Å²) in [5.74, 6) is 1.45. The highest BCUT2D eigenvalue weighted by atomic mass is 127. The summed E-state index contributed by atoms with van der Waals surface area (Å²) in [6.07, 6.45) is 6.18. The van der Waals surface area contributed by atoms with Crippen LogP contribution in [-0.2, 0) is 6.42 Å². The van der Waals surface area contributed by atoms with Crippen LogP contribution in [0.25, 0.3) is 5.69 Å². The predicted octanol–water partition coefficient (Wildman–Crippen LogP) is 2.75. The molecule has 0 bridgehead atoms. The SMILES string of the molecule is CCNC(=NCCc1ccn(-c2ccc(F)cc2)n1)N1CCN(c2ncccn2)CC1.I. The molecule has 3 aromatic rings. The van der Waals surface area contributed by atoms with Gasteiger partial charge >= 0.3 is 0 Å². The van der Waals surface area contributed by atoms with E-state index in [-0.39, 0.29) is 29.8 Å². The molecule has 0 unspecified atom stereocenters. The molecule has 3 heterocycles. The number of rotatable bonds is 6. The second-order valence-electron chi connectivity index (χ2n) is 7.24. The molecule has 1 saturated heterocycles. The van der Waals surface area contributed by atoms with Crippen LogP contribution in [-0.4, -0.2) is 69.9 Å². The van der Waals surface area contributed by atoms with Gasteiger partial charge in [0.05, 0.1) is 11.4 Å². The summed E-state index contributed by atoms with van der Waals surface area (Å²) in [6.45, 7) is 6.98. The van der Waals surface area contributed by atoms with Gasteiger partial charge in [-0.15, -0.1) is 24.0 Å². The third kappa shape index (κ3) is 6.15. The molecule has 10 heteroatoms. The van der Waals surface area contributed by atoms with Crippen molar-refractivity contribution in [1.29, 1.82) is 0 Å². The van der Waals surface area contributed by atoms with Crippen LogP contribution in [0.1, 0.15) is 12.6 Å². The largest absolute Gasteiger partial charge is 0.357 e. The van der Waals surface area contributed by atoms with E-state index in [1.807, 2.05) is 18.3 Å². The van der Waals surface area contributed by atoms with E-state index in [1.54, 1.807) is 29.2 Å². The fourth-order valence-electron chi connectivity index (χ4n) is 3.51. The Labute approximate surface area is 204 Å². The van der Waals surface area contributed by atoms with Crippen LogP contribution in [0.4, 0.5) is 10.3 Å². The molecule has 4 rings (SSSR count). The molecule has 8 nitrogen and oxygen atoms in total. The van der Waals surface area contributed by atoms with Gasteiger partial charge in [0.1, 0.15) is 5.82 Å². The number of nitrogens with one attached hydrogen (secondary N) is 1. The second kappa shape index (κ2) is 11.7. The maximum atomic E-state index is 13.1. The second-order valence-corrected chi connectivity index (χ2v) is 7.24. The summed E-state index contributed by atoms with van der Waals surface area (Å²) in [6, 6.07) is 10.1. The predicted molar refractivity (Wildman–Crippen MR) is 134 cm³/mol. The van der Waals surface area contributed by atoms with E-state index in [9.17, 15) is 4.39 Å². The molecule has 1 aliphatic rings. The van der Waals surface area contributed by atoms with Crippen molar-refractivity contribution in [3.8, 4) is 5.69 Å². The first kappa shape index (κ1) is 23.9. The van der Waals surface area contributed by atoms with E-state index in [0.717, 1.165) is 62.4 Å². The van der Waals surface area contributed by atoms with E-state index >= 15 is 0 Å². The van der Waals surface area contributed by atoms with Crippen LogP contribution in [0.5, 0.6) is 0 Å². The number of benzene rings is 1. The molecular weight excluding hydrogens is 522 g/mol. The normalized spacial score (nSPS) is 14.2. The van der Waals surface area contributed by atoms with Crippen LogP contribution < -0.4 is 10.2 Å². The Hall–Kier alpha value is -2.76. The fraction of sp³-hybridized carbons (Fsp3) is 0.364. The number of guanidine groups is 1. The average Bonchev–Trinajstić information content (AvgIpc) is 3.29. The average molecular weight is 550 g/mol.